The van der Waals surface area contributed by atoms with Crippen molar-refractivity contribution in [3.63, 3.8) is 0 Å². The molecule has 0 saturated heterocycles. The Bertz CT molecular complexity index is 703. The summed E-state index contributed by atoms with van der Waals surface area (Å²) >= 11 is 0. The molecule has 0 radical (unpaired) electrons. The average Bonchev–Trinajstić information content (AvgIpc) is 2.49. The average molecular weight is 301 g/mol. The zero-order valence-electron chi connectivity index (χ0n) is 12.2. The minimum atomic E-state index is -0.400. The van der Waals surface area contributed by atoms with Gasteiger partial charge in [0.25, 0.3) is 5.69 Å². The van der Waals surface area contributed by atoms with Gasteiger partial charge < -0.3 is 4.90 Å². The second-order valence-electron chi connectivity index (χ2n) is 5.52. The quantitative estimate of drug-likeness (QED) is 0.645. The molecule has 0 N–H and O–H groups in total. The highest BCUT2D eigenvalue weighted by atomic mass is 19.1. The maximum absolute atomic E-state index is 13.3. The highest BCUT2D eigenvalue weighted by Gasteiger charge is 2.20. The Labute approximate surface area is 127 Å². The first-order valence-corrected chi connectivity index (χ1v) is 6.98. The van der Waals surface area contributed by atoms with E-state index < -0.39 is 4.92 Å². The number of nitro groups is 1. The number of hydrogen-bond acceptors (Lipinski definition) is 4. The van der Waals surface area contributed by atoms with Crippen LogP contribution in [0.3, 0.4) is 0 Å². The summed E-state index contributed by atoms with van der Waals surface area (Å²) in [6.07, 6.45) is 0. The predicted octanol–water partition coefficient (Wildman–Crippen LogP) is 3.14. The lowest BCUT2D eigenvalue weighted by Crippen LogP contribution is -2.39. The van der Waals surface area contributed by atoms with Gasteiger partial charge in [-0.05, 0) is 23.3 Å². The van der Waals surface area contributed by atoms with Gasteiger partial charge in [0.2, 0.25) is 0 Å². The molecule has 0 aliphatic carbocycles. The van der Waals surface area contributed by atoms with E-state index in [1.165, 1.54) is 18.2 Å². The SMILES string of the molecule is CN1CN(Cc2ccc([N+](=O)[O-])cc2)Cc2ccc(F)cc21. The molecule has 0 aromatic heterocycles. The monoisotopic (exact) mass is 301 g/mol. The molecule has 1 aliphatic rings. The standard InChI is InChI=1S/C16H16FN3O2/c1-18-11-19(10-13-4-5-14(17)8-16(13)18)9-12-2-6-15(7-3-12)20(21)22/h2-8H,9-11H2,1H3. The van der Waals surface area contributed by atoms with E-state index in [0.717, 1.165) is 23.4 Å². The van der Waals surface area contributed by atoms with Gasteiger partial charge in [-0.25, -0.2) is 4.39 Å². The summed E-state index contributed by atoms with van der Waals surface area (Å²) < 4.78 is 13.3. The van der Waals surface area contributed by atoms with E-state index in [1.807, 2.05) is 18.0 Å². The van der Waals surface area contributed by atoms with Gasteiger partial charge in [-0.3, -0.25) is 15.0 Å². The van der Waals surface area contributed by atoms with Crippen molar-refractivity contribution in [2.75, 3.05) is 18.6 Å². The Balaban J connectivity index is 1.74. The van der Waals surface area contributed by atoms with E-state index >= 15 is 0 Å². The van der Waals surface area contributed by atoms with Crippen molar-refractivity contribution in [2.45, 2.75) is 13.1 Å². The number of hydrogen-bond donors (Lipinski definition) is 0. The van der Waals surface area contributed by atoms with Crippen LogP contribution in [-0.2, 0) is 13.1 Å². The van der Waals surface area contributed by atoms with Crippen LogP contribution >= 0.6 is 0 Å². The molecule has 22 heavy (non-hydrogen) atoms. The maximum atomic E-state index is 13.3. The number of fused-ring (bicyclic) bond motifs is 1. The van der Waals surface area contributed by atoms with Crippen LogP contribution in [0.1, 0.15) is 11.1 Å². The Kier molecular flexibility index (Phi) is 3.77. The highest BCUT2D eigenvalue weighted by molar-refractivity contribution is 5.54. The van der Waals surface area contributed by atoms with Crippen LogP contribution in [0.5, 0.6) is 0 Å². The second kappa shape index (κ2) is 5.73. The molecular formula is C16H16FN3O2. The van der Waals surface area contributed by atoms with Crippen LogP contribution in [-0.4, -0.2) is 23.5 Å². The highest BCUT2D eigenvalue weighted by Crippen LogP contribution is 2.28. The topological polar surface area (TPSA) is 49.6 Å². The van der Waals surface area contributed by atoms with Crippen LogP contribution in [0.4, 0.5) is 15.8 Å². The van der Waals surface area contributed by atoms with E-state index in [4.69, 9.17) is 0 Å². The minimum Gasteiger partial charge on any atom is -0.361 e. The Hall–Kier alpha value is -2.47. The van der Waals surface area contributed by atoms with Crippen LogP contribution in [0.15, 0.2) is 42.5 Å². The van der Waals surface area contributed by atoms with Gasteiger partial charge in [-0.15, -0.1) is 0 Å². The number of rotatable bonds is 3. The number of halogens is 1. The van der Waals surface area contributed by atoms with Gasteiger partial charge in [0, 0.05) is 38.0 Å². The first kappa shape index (κ1) is 14.5. The fourth-order valence-corrected chi connectivity index (χ4v) is 2.78. The van der Waals surface area contributed by atoms with Crippen LogP contribution in [0.25, 0.3) is 0 Å². The van der Waals surface area contributed by atoms with E-state index in [0.29, 0.717) is 13.2 Å². The molecule has 0 saturated carbocycles. The Morgan fingerprint density at radius 2 is 1.95 bits per heavy atom. The van der Waals surface area contributed by atoms with Crippen LogP contribution in [0.2, 0.25) is 0 Å². The van der Waals surface area contributed by atoms with E-state index in [9.17, 15) is 14.5 Å². The van der Waals surface area contributed by atoms with E-state index in [1.54, 1.807) is 18.2 Å². The van der Waals surface area contributed by atoms with Gasteiger partial charge in [0.05, 0.1) is 11.6 Å². The van der Waals surface area contributed by atoms with E-state index in [-0.39, 0.29) is 11.5 Å². The van der Waals surface area contributed by atoms with Crippen molar-refractivity contribution in [1.29, 1.82) is 0 Å². The lowest BCUT2D eigenvalue weighted by molar-refractivity contribution is -0.384. The molecule has 0 spiro atoms. The lowest BCUT2D eigenvalue weighted by Gasteiger charge is -2.36. The zero-order valence-corrected chi connectivity index (χ0v) is 12.2. The third-order valence-electron chi connectivity index (χ3n) is 3.82. The van der Waals surface area contributed by atoms with Crippen molar-refractivity contribution >= 4 is 11.4 Å². The lowest BCUT2D eigenvalue weighted by atomic mass is 10.1. The van der Waals surface area contributed by atoms with Crippen molar-refractivity contribution in [2.24, 2.45) is 0 Å². The first-order valence-electron chi connectivity index (χ1n) is 6.98. The van der Waals surface area contributed by atoms with Crippen molar-refractivity contribution < 1.29 is 9.31 Å². The zero-order chi connectivity index (χ0) is 15.7. The summed E-state index contributed by atoms with van der Waals surface area (Å²) in [5.41, 5.74) is 3.11. The molecule has 6 heteroatoms. The fraction of sp³-hybridized carbons (Fsp3) is 0.250. The molecule has 5 nitrogen and oxygen atoms in total. The number of anilines is 1. The van der Waals surface area contributed by atoms with Crippen molar-refractivity contribution in [3.05, 3.63) is 69.5 Å². The molecule has 114 valence electrons. The van der Waals surface area contributed by atoms with Crippen LogP contribution in [0, 0.1) is 15.9 Å². The fourth-order valence-electron chi connectivity index (χ4n) is 2.78. The summed E-state index contributed by atoms with van der Waals surface area (Å²) in [6, 6.07) is 11.4. The molecule has 2 aromatic carbocycles. The molecule has 0 amide bonds. The molecule has 2 aromatic rings. The van der Waals surface area contributed by atoms with E-state index in [2.05, 4.69) is 4.90 Å². The Morgan fingerprint density at radius 3 is 2.64 bits per heavy atom. The molecule has 0 fully saturated rings. The summed E-state index contributed by atoms with van der Waals surface area (Å²) in [5, 5.41) is 10.7. The third kappa shape index (κ3) is 2.92. The van der Waals surface area contributed by atoms with Crippen LogP contribution < -0.4 is 4.90 Å². The molecule has 1 heterocycles. The third-order valence-corrected chi connectivity index (χ3v) is 3.82. The molecule has 0 bridgehead atoms. The number of non-ortho nitro benzene ring substituents is 1. The normalized spacial score (nSPS) is 14.7. The summed E-state index contributed by atoms with van der Waals surface area (Å²) in [4.78, 5) is 14.5. The number of nitrogens with zero attached hydrogens (tertiary/aromatic N) is 3. The second-order valence-corrected chi connectivity index (χ2v) is 5.52. The molecule has 3 rings (SSSR count). The molecule has 0 atom stereocenters. The summed E-state index contributed by atoms with van der Waals surface area (Å²) in [7, 11) is 1.93. The molecular weight excluding hydrogens is 285 g/mol. The largest absolute Gasteiger partial charge is 0.361 e. The molecule has 1 aliphatic heterocycles. The van der Waals surface area contributed by atoms with Gasteiger partial charge in [0.1, 0.15) is 5.82 Å². The number of benzene rings is 2. The smallest absolute Gasteiger partial charge is 0.269 e. The maximum Gasteiger partial charge on any atom is 0.269 e. The molecule has 0 unspecified atom stereocenters. The van der Waals surface area contributed by atoms with Gasteiger partial charge >= 0.3 is 0 Å². The summed E-state index contributed by atoms with van der Waals surface area (Å²) in [6.45, 7) is 2.11. The summed E-state index contributed by atoms with van der Waals surface area (Å²) in [5.74, 6) is -0.227. The Morgan fingerprint density at radius 1 is 1.23 bits per heavy atom. The van der Waals surface area contributed by atoms with Gasteiger partial charge in [-0.1, -0.05) is 18.2 Å². The first-order chi connectivity index (χ1) is 10.5. The predicted molar refractivity (Wildman–Crippen MR) is 82.0 cm³/mol. The van der Waals surface area contributed by atoms with Gasteiger partial charge in [-0.2, -0.15) is 0 Å². The van der Waals surface area contributed by atoms with Crippen molar-refractivity contribution in [1.82, 2.24) is 4.90 Å². The minimum absolute atomic E-state index is 0.0975. The van der Waals surface area contributed by atoms with Gasteiger partial charge in [0.15, 0.2) is 0 Å². The van der Waals surface area contributed by atoms with Crippen molar-refractivity contribution in [3.8, 4) is 0 Å². The number of nitro benzene ring substituents is 1.